The summed E-state index contributed by atoms with van der Waals surface area (Å²) < 4.78 is 10.4. The van der Waals surface area contributed by atoms with Crippen LogP contribution >= 0.6 is 0 Å². The van der Waals surface area contributed by atoms with Gasteiger partial charge in [-0.25, -0.2) is 4.79 Å². The van der Waals surface area contributed by atoms with E-state index < -0.39 is 0 Å². The molecule has 1 amide bonds. The molecule has 0 aromatic carbocycles. The molecule has 2 heterocycles. The Morgan fingerprint density at radius 1 is 1.47 bits per heavy atom. The summed E-state index contributed by atoms with van der Waals surface area (Å²) in [5.41, 5.74) is 5.59. The molecule has 0 bridgehead atoms. The van der Waals surface area contributed by atoms with Gasteiger partial charge in [-0.1, -0.05) is 0 Å². The van der Waals surface area contributed by atoms with Crippen molar-refractivity contribution in [1.82, 2.24) is 4.90 Å². The number of ether oxygens (including phenoxy) is 2. The Balaban J connectivity index is 1.88. The van der Waals surface area contributed by atoms with Crippen LogP contribution < -0.4 is 5.73 Å². The number of hydrogen-bond donors (Lipinski definition) is 1. The molecule has 0 aromatic heterocycles. The molecule has 5 nitrogen and oxygen atoms in total. The lowest BCUT2D eigenvalue weighted by Crippen LogP contribution is -2.43. The lowest BCUT2D eigenvalue weighted by atomic mass is 10.0. The molecule has 0 saturated carbocycles. The van der Waals surface area contributed by atoms with Crippen molar-refractivity contribution in [3.05, 3.63) is 0 Å². The van der Waals surface area contributed by atoms with Crippen LogP contribution in [0, 0.1) is 5.92 Å². The summed E-state index contributed by atoms with van der Waals surface area (Å²) >= 11 is 0. The van der Waals surface area contributed by atoms with Gasteiger partial charge in [0, 0.05) is 25.6 Å². The van der Waals surface area contributed by atoms with E-state index in [-0.39, 0.29) is 12.1 Å². The summed E-state index contributed by atoms with van der Waals surface area (Å²) in [6, 6.07) is 0.0550. The van der Waals surface area contributed by atoms with Crippen LogP contribution in [-0.2, 0) is 9.47 Å². The van der Waals surface area contributed by atoms with E-state index in [1.165, 1.54) is 0 Å². The molecule has 15 heavy (non-hydrogen) atoms. The first kappa shape index (κ1) is 10.7. The van der Waals surface area contributed by atoms with Gasteiger partial charge >= 0.3 is 6.09 Å². The van der Waals surface area contributed by atoms with Crippen molar-refractivity contribution >= 4 is 6.09 Å². The molecule has 0 spiro atoms. The van der Waals surface area contributed by atoms with E-state index >= 15 is 0 Å². The monoisotopic (exact) mass is 214 g/mol. The van der Waals surface area contributed by atoms with Crippen molar-refractivity contribution in [1.29, 1.82) is 0 Å². The highest BCUT2D eigenvalue weighted by Crippen LogP contribution is 2.19. The number of nitrogens with zero attached hydrogens (tertiary/aromatic N) is 1. The fourth-order valence-corrected chi connectivity index (χ4v) is 2.14. The number of cyclic esters (lactones) is 1. The third kappa shape index (κ3) is 2.41. The maximum Gasteiger partial charge on any atom is 0.410 e. The Morgan fingerprint density at radius 2 is 2.33 bits per heavy atom. The summed E-state index contributed by atoms with van der Waals surface area (Å²) in [4.78, 5) is 13.2. The third-order valence-corrected chi connectivity index (χ3v) is 3.06. The fourth-order valence-electron chi connectivity index (χ4n) is 2.14. The van der Waals surface area contributed by atoms with Crippen LogP contribution in [0.25, 0.3) is 0 Å². The first-order valence-electron chi connectivity index (χ1n) is 5.52. The molecule has 2 saturated heterocycles. The fraction of sp³-hybridized carbons (Fsp3) is 0.900. The van der Waals surface area contributed by atoms with Crippen molar-refractivity contribution in [2.24, 2.45) is 11.7 Å². The Kier molecular flexibility index (Phi) is 3.43. The Bertz CT molecular complexity index is 229. The zero-order chi connectivity index (χ0) is 10.7. The van der Waals surface area contributed by atoms with Gasteiger partial charge in [-0.3, -0.25) is 0 Å². The molecule has 86 valence electrons. The van der Waals surface area contributed by atoms with E-state index in [1.807, 2.05) is 0 Å². The molecule has 0 radical (unpaired) electrons. The van der Waals surface area contributed by atoms with Gasteiger partial charge in [0.05, 0.1) is 12.6 Å². The number of nitrogens with two attached hydrogens (primary N) is 1. The van der Waals surface area contributed by atoms with Gasteiger partial charge in [0.25, 0.3) is 0 Å². The molecular weight excluding hydrogens is 196 g/mol. The van der Waals surface area contributed by atoms with Crippen LogP contribution in [-0.4, -0.2) is 49.9 Å². The lowest BCUT2D eigenvalue weighted by Gasteiger charge is -2.28. The minimum absolute atomic E-state index is 0.0550. The van der Waals surface area contributed by atoms with Crippen LogP contribution in [0.1, 0.15) is 12.8 Å². The highest BCUT2D eigenvalue weighted by Gasteiger charge is 2.33. The van der Waals surface area contributed by atoms with E-state index in [4.69, 9.17) is 15.2 Å². The molecule has 2 rings (SSSR count). The van der Waals surface area contributed by atoms with Gasteiger partial charge in [0.15, 0.2) is 0 Å². The van der Waals surface area contributed by atoms with Gasteiger partial charge < -0.3 is 20.1 Å². The molecule has 2 N–H and O–H groups in total. The second kappa shape index (κ2) is 4.81. The zero-order valence-corrected chi connectivity index (χ0v) is 8.85. The molecule has 2 atom stereocenters. The predicted molar refractivity (Wildman–Crippen MR) is 54.4 cm³/mol. The maximum atomic E-state index is 11.4. The first-order valence-corrected chi connectivity index (χ1v) is 5.52. The van der Waals surface area contributed by atoms with Crippen molar-refractivity contribution < 1.29 is 14.3 Å². The van der Waals surface area contributed by atoms with Crippen molar-refractivity contribution in [2.45, 2.75) is 18.9 Å². The number of rotatable bonds is 3. The molecule has 5 heteroatoms. The molecular formula is C10H18N2O3. The molecule has 0 aliphatic carbocycles. The van der Waals surface area contributed by atoms with Gasteiger partial charge in [0.2, 0.25) is 0 Å². The molecule has 2 aliphatic rings. The largest absolute Gasteiger partial charge is 0.447 e. The van der Waals surface area contributed by atoms with Crippen LogP contribution in [0.4, 0.5) is 4.79 Å². The summed E-state index contributed by atoms with van der Waals surface area (Å²) in [5, 5.41) is 0. The predicted octanol–water partition coefficient (Wildman–Crippen LogP) is 0.192. The summed E-state index contributed by atoms with van der Waals surface area (Å²) in [6.45, 7) is 3.23. The topological polar surface area (TPSA) is 64.8 Å². The summed E-state index contributed by atoms with van der Waals surface area (Å²) in [5.74, 6) is 0.443. The zero-order valence-electron chi connectivity index (χ0n) is 8.85. The molecule has 2 fully saturated rings. The van der Waals surface area contributed by atoms with Crippen LogP contribution in [0.3, 0.4) is 0 Å². The maximum absolute atomic E-state index is 11.4. The Hall–Kier alpha value is -0.810. The van der Waals surface area contributed by atoms with Gasteiger partial charge in [0.1, 0.15) is 6.61 Å². The molecule has 2 unspecified atom stereocenters. The normalized spacial score (nSPS) is 31.8. The van der Waals surface area contributed by atoms with E-state index in [0.29, 0.717) is 19.1 Å². The SMILES string of the molecule is NCC1COC(=O)N1CC1CCCOC1. The highest BCUT2D eigenvalue weighted by molar-refractivity contribution is 5.70. The van der Waals surface area contributed by atoms with Gasteiger partial charge in [-0.15, -0.1) is 0 Å². The standard InChI is InChI=1S/C10H18N2O3/c11-4-9-7-15-10(13)12(9)5-8-2-1-3-14-6-8/h8-9H,1-7,11H2. The molecule has 2 aliphatic heterocycles. The average molecular weight is 214 g/mol. The highest BCUT2D eigenvalue weighted by atomic mass is 16.6. The van der Waals surface area contributed by atoms with E-state index in [0.717, 1.165) is 32.6 Å². The van der Waals surface area contributed by atoms with E-state index in [2.05, 4.69) is 0 Å². The number of carbonyl (C=O) groups is 1. The first-order chi connectivity index (χ1) is 7.31. The minimum atomic E-state index is -0.226. The number of carbonyl (C=O) groups excluding carboxylic acids is 1. The minimum Gasteiger partial charge on any atom is -0.447 e. The lowest BCUT2D eigenvalue weighted by molar-refractivity contribution is 0.0413. The van der Waals surface area contributed by atoms with Crippen molar-refractivity contribution in [2.75, 3.05) is 32.9 Å². The smallest absolute Gasteiger partial charge is 0.410 e. The Labute approximate surface area is 89.5 Å². The van der Waals surface area contributed by atoms with Crippen LogP contribution in [0.5, 0.6) is 0 Å². The van der Waals surface area contributed by atoms with Gasteiger partial charge in [-0.05, 0) is 12.8 Å². The third-order valence-electron chi connectivity index (χ3n) is 3.06. The second-order valence-corrected chi connectivity index (χ2v) is 4.20. The van der Waals surface area contributed by atoms with Crippen LogP contribution in [0.15, 0.2) is 0 Å². The number of hydrogen-bond acceptors (Lipinski definition) is 4. The van der Waals surface area contributed by atoms with E-state index in [1.54, 1.807) is 4.90 Å². The molecule has 0 aromatic rings. The quantitative estimate of drug-likeness (QED) is 0.728. The van der Waals surface area contributed by atoms with Gasteiger partial charge in [-0.2, -0.15) is 0 Å². The van der Waals surface area contributed by atoms with Crippen molar-refractivity contribution in [3.8, 4) is 0 Å². The second-order valence-electron chi connectivity index (χ2n) is 4.20. The summed E-state index contributed by atoms with van der Waals surface area (Å²) in [7, 11) is 0. The van der Waals surface area contributed by atoms with Crippen molar-refractivity contribution in [3.63, 3.8) is 0 Å². The number of amides is 1. The van der Waals surface area contributed by atoms with Crippen LogP contribution in [0.2, 0.25) is 0 Å². The summed E-state index contributed by atoms with van der Waals surface area (Å²) in [6.07, 6.45) is 1.98. The Morgan fingerprint density at radius 3 is 3.00 bits per heavy atom. The average Bonchev–Trinajstić information content (AvgIpc) is 2.62. The van der Waals surface area contributed by atoms with E-state index in [9.17, 15) is 4.79 Å².